The number of amides is 2. The molecule has 1 unspecified atom stereocenters. The highest BCUT2D eigenvalue weighted by Crippen LogP contribution is 2.39. The second kappa shape index (κ2) is 11.5. The Hall–Kier alpha value is -2.86. The third-order valence-electron chi connectivity index (χ3n) is 7.86. The first-order valence-electron chi connectivity index (χ1n) is 13.4. The zero-order valence-corrected chi connectivity index (χ0v) is 22.0. The van der Waals surface area contributed by atoms with Gasteiger partial charge in [0.05, 0.1) is 24.2 Å². The predicted molar refractivity (Wildman–Crippen MR) is 143 cm³/mol. The zero-order chi connectivity index (χ0) is 25.7. The Bertz CT molecular complexity index is 1060. The van der Waals surface area contributed by atoms with E-state index in [9.17, 15) is 9.18 Å². The fourth-order valence-electron chi connectivity index (χ4n) is 5.81. The highest BCUT2D eigenvalue weighted by molar-refractivity contribution is 5.96. The lowest BCUT2D eigenvalue weighted by atomic mass is 9.82. The number of unbranched alkanes of at least 4 members (excludes halogenated alkanes) is 1. The Morgan fingerprint density at radius 1 is 1.28 bits per heavy atom. The molecule has 0 radical (unpaired) electrons. The van der Waals surface area contributed by atoms with Gasteiger partial charge in [-0.15, -0.1) is 6.58 Å². The standard InChI is InChI=1S/C30H40FN3O2/c1-5-7-8-16-33-22-30(34(29(33)35)27-13-10-12-26(31)19-27)15-17-32(23(3)20-30)21-25-11-9-14-28(18-25)36-24(4)6-2/h5,9-14,18-19,23-24H,1,6-8,15-17,20-22H2,2-4H3/p+1/t23-,24+,30+/m0/s1. The average molecular weight is 495 g/mol. The fraction of sp³-hybridized carbons (Fsp3) is 0.500. The molecule has 2 aliphatic heterocycles. The molecule has 1 spiro atoms. The number of benzene rings is 2. The monoisotopic (exact) mass is 494 g/mol. The van der Waals surface area contributed by atoms with Crippen LogP contribution in [0.2, 0.25) is 0 Å². The molecule has 6 heteroatoms. The summed E-state index contributed by atoms with van der Waals surface area (Å²) in [7, 11) is 0. The van der Waals surface area contributed by atoms with E-state index in [0.29, 0.717) is 24.8 Å². The van der Waals surface area contributed by atoms with Crippen molar-refractivity contribution >= 4 is 11.7 Å². The average Bonchev–Trinajstić information content (AvgIpc) is 3.11. The number of hydrogen-bond donors (Lipinski definition) is 1. The van der Waals surface area contributed by atoms with Crippen molar-refractivity contribution in [1.29, 1.82) is 0 Å². The summed E-state index contributed by atoms with van der Waals surface area (Å²) >= 11 is 0. The van der Waals surface area contributed by atoms with Crippen LogP contribution in [0.15, 0.2) is 61.2 Å². The molecule has 2 aliphatic rings. The van der Waals surface area contributed by atoms with E-state index >= 15 is 0 Å². The summed E-state index contributed by atoms with van der Waals surface area (Å²) in [5.41, 5.74) is 1.62. The summed E-state index contributed by atoms with van der Waals surface area (Å²) in [5, 5.41) is 0. The van der Waals surface area contributed by atoms with Crippen molar-refractivity contribution in [1.82, 2.24) is 4.90 Å². The molecular formula is C30H41FN3O2+. The topological polar surface area (TPSA) is 37.2 Å². The number of hydrogen-bond acceptors (Lipinski definition) is 2. The molecule has 2 heterocycles. The van der Waals surface area contributed by atoms with Crippen LogP contribution < -0.4 is 14.5 Å². The molecule has 4 rings (SSSR count). The Labute approximate surface area is 215 Å². The van der Waals surface area contributed by atoms with Gasteiger partial charge < -0.3 is 14.5 Å². The number of allylic oxidation sites excluding steroid dienone is 1. The number of nitrogens with one attached hydrogen (secondary N) is 1. The van der Waals surface area contributed by atoms with Gasteiger partial charge in [0.1, 0.15) is 18.1 Å². The van der Waals surface area contributed by atoms with Crippen LogP contribution in [0, 0.1) is 5.82 Å². The molecule has 5 nitrogen and oxygen atoms in total. The van der Waals surface area contributed by atoms with Crippen LogP contribution in [0.3, 0.4) is 0 Å². The second-order valence-corrected chi connectivity index (χ2v) is 10.6. The summed E-state index contributed by atoms with van der Waals surface area (Å²) in [5.74, 6) is 0.618. The van der Waals surface area contributed by atoms with Crippen LogP contribution in [0.25, 0.3) is 0 Å². The molecule has 2 fully saturated rings. The number of piperidine rings is 1. The van der Waals surface area contributed by atoms with Gasteiger partial charge in [-0.25, -0.2) is 9.18 Å². The van der Waals surface area contributed by atoms with Crippen molar-refractivity contribution in [3.8, 4) is 5.75 Å². The maximum Gasteiger partial charge on any atom is 0.325 e. The molecule has 0 aliphatic carbocycles. The summed E-state index contributed by atoms with van der Waals surface area (Å²) in [6, 6.07) is 15.3. The lowest BCUT2D eigenvalue weighted by Gasteiger charge is -2.45. The van der Waals surface area contributed by atoms with Crippen LogP contribution >= 0.6 is 0 Å². The Morgan fingerprint density at radius 2 is 2.08 bits per heavy atom. The number of nitrogens with zero attached hydrogens (tertiary/aromatic N) is 2. The third kappa shape index (κ3) is 5.75. The number of rotatable bonds is 10. The maximum absolute atomic E-state index is 14.2. The normalized spacial score (nSPS) is 24.8. The third-order valence-corrected chi connectivity index (χ3v) is 7.86. The van der Waals surface area contributed by atoms with Gasteiger partial charge >= 0.3 is 6.03 Å². The summed E-state index contributed by atoms with van der Waals surface area (Å²) in [6.45, 7) is 13.6. The van der Waals surface area contributed by atoms with Crippen molar-refractivity contribution in [2.24, 2.45) is 0 Å². The minimum absolute atomic E-state index is 0.00444. The molecule has 0 bridgehead atoms. The van der Waals surface area contributed by atoms with Gasteiger partial charge in [-0.2, -0.15) is 0 Å². The smallest absolute Gasteiger partial charge is 0.325 e. The van der Waals surface area contributed by atoms with E-state index in [0.717, 1.165) is 50.9 Å². The molecule has 2 aromatic rings. The summed E-state index contributed by atoms with van der Waals surface area (Å²) < 4.78 is 20.2. The molecule has 2 amide bonds. The zero-order valence-electron chi connectivity index (χ0n) is 22.0. The fourth-order valence-corrected chi connectivity index (χ4v) is 5.81. The maximum atomic E-state index is 14.2. The number of anilines is 1. The van der Waals surface area contributed by atoms with Gasteiger partial charge in [-0.1, -0.05) is 31.2 Å². The first kappa shape index (κ1) is 26.2. The largest absolute Gasteiger partial charge is 0.491 e. The molecule has 4 atom stereocenters. The first-order chi connectivity index (χ1) is 17.3. The highest BCUT2D eigenvalue weighted by atomic mass is 19.1. The number of ether oxygens (including phenoxy) is 1. The van der Waals surface area contributed by atoms with Crippen LogP contribution in [0.1, 0.15) is 58.4 Å². The van der Waals surface area contributed by atoms with Gasteiger partial charge in [-0.05, 0) is 63.4 Å². The van der Waals surface area contributed by atoms with Crippen LogP contribution in [0.4, 0.5) is 14.9 Å². The van der Waals surface area contributed by atoms with E-state index in [2.05, 4.69) is 45.5 Å². The summed E-state index contributed by atoms with van der Waals surface area (Å²) in [6.07, 6.45) is 6.61. The quantitative estimate of drug-likeness (QED) is 0.363. The number of carbonyl (C=O) groups is 1. The van der Waals surface area contributed by atoms with Crippen molar-refractivity contribution in [3.63, 3.8) is 0 Å². The molecule has 0 saturated carbocycles. The van der Waals surface area contributed by atoms with Crippen molar-refractivity contribution in [2.75, 3.05) is 24.5 Å². The van der Waals surface area contributed by atoms with E-state index in [1.807, 2.05) is 28.0 Å². The van der Waals surface area contributed by atoms with Gasteiger partial charge in [0.15, 0.2) is 0 Å². The minimum Gasteiger partial charge on any atom is -0.491 e. The molecule has 2 aromatic carbocycles. The number of carbonyl (C=O) groups excluding carboxylic acids is 1. The van der Waals surface area contributed by atoms with E-state index in [1.165, 1.54) is 22.6 Å². The van der Waals surface area contributed by atoms with E-state index in [1.54, 1.807) is 6.07 Å². The minimum atomic E-state index is -0.316. The van der Waals surface area contributed by atoms with Crippen LogP contribution in [-0.2, 0) is 6.54 Å². The second-order valence-electron chi connectivity index (χ2n) is 10.6. The molecule has 36 heavy (non-hydrogen) atoms. The first-order valence-corrected chi connectivity index (χ1v) is 13.4. The lowest BCUT2D eigenvalue weighted by molar-refractivity contribution is -0.943. The van der Waals surface area contributed by atoms with Crippen LogP contribution in [0.5, 0.6) is 5.75 Å². The van der Waals surface area contributed by atoms with E-state index in [-0.39, 0.29) is 23.5 Å². The summed E-state index contributed by atoms with van der Waals surface area (Å²) in [4.78, 5) is 19.0. The molecule has 194 valence electrons. The number of halogens is 1. The van der Waals surface area contributed by atoms with Crippen LogP contribution in [-0.4, -0.2) is 48.3 Å². The molecule has 2 saturated heterocycles. The number of likely N-dealkylation sites (tertiary alicyclic amines) is 1. The Morgan fingerprint density at radius 3 is 2.81 bits per heavy atom. The van der Waals surface area contributed by atoms with Crippen molar-refractivity contribution in [3.05, 3.63) is 72.6 Å². The Balaban J connectivity index is 1.52. The van der Waals surface area contributed by atoms with Gasteiger partial charge in [0.25, 0.3) is 0 Å². The van der Waals surface area contributed by atoms with E-state index in [4.69, 9.17) is 4.74 Å². The van der Waals surface area contributed by atoms with Gasteiger partial charge in [0, 0.05) is 37.2 Å². The molecule has 1 N–H and O–H groups in total. The predicted octanol–water partition coefficient (Wildman–Crippen LogP) is 5.22. The molecular weight excluding hydrogens is 453 g/mol. The SMILES string of the molecule is C=CCCCN1C[C@]2(CC[NH+](Cc3cccc(O[C@H](C)CC)c3)[C@@H](C)C2)N(c2cccc(F)c2)C1=O. The number of quaternary nitrogens is 1. The highest BCUT2D eigenvalue weighted by Gasteiger charge is 2.54. The van der Waals surface area contributed by atoms with Gasteiger partial charge in [0.2, 0.25) is 0 Å². The Kier molecular flexibility index (Phi) is 8.35. The lowest BCUT2D eigenvalue weighted by Crippen LogP contribution is -3.16. The van der Waals surface area contributed by atoms with E-state index < -0.39 is 0 Å². The van der Waals surface area contributed by atoms with Gasteiger partial charge in [-0.3, -0.25) is 4.90 Å². The number of urea groups is 1. The van der Waals surface area contributed by atoms with Crippen molar-refractivity contribution in [2.45, 2.75) is 77.1 Å². The van der Waals surface area contributed by atoms with Crippen molar-refractivity contribution < 1.29 is 18.8 Å². The molecule has 0 aromatic heterocycles.